The molecule has 0 bridgehead atoms. The van der Waals surface area contributed by atoms with Gasteiger partial charge in [-0.1, -0.05) is 13.8 Å². The van der Waals surface area contributed by atoms with Crippen LogP contribution in [0.25, 0.3) is 0 Å². The van der Waals surface area contributed by atoms with Crippen molar-refractivity contribution in [2.45, 2.75) is 25.9 Å². The van der Waals surface area contributed by atoms with Crippen LogP contribution in [0.1, 0.15) is 24.2 Å². The number of carbonyl (C=O) groups excluding carboxylic acids is 2. The van der Waals surface area contributed by atoms with Gasteiger partial charge in [-0.15, -0.1) is 0 Å². The Morgan fingerprint density at radius 1 is 1.23 bits per heavy atom. The molecule has 1 unspecified atom stereocenters. The van der Waals surface area contributed by atoms with Crippen molar-refractivity contribution in [2.75, 3.05) is 20.3 Å². The van der Waals surface area contributed by atoms with Crippen LogP contribution in [0.5, 0.6) is 5.75 Å². The molecule has 1 atom stereocenters. The molecule has 1 aromatic rings. The lowest BCUT2D eigenvalue weighted by Crippen LogP contribution is -2.53. The molecule has 0 aromatic heterocycles. The summed E-state index contributed by atoms with van der Waals surface area (Å²) in [5.41, 5.74) is -0.0720. The fourth-order valence-corrected chi connectivity index (χ4v) is 4.01. The Hall–Kier alpha value is -0.760. The van der Waals surface area contributed by atoms with E-state index in [0.29, 0.717) is 7.14 Å². The molecular weight excluding hydrogens is 580 g/mol. The Labute approximate surface area is 176 Å². The minimum Gasteiger partial charge on any atom is -0.544 e. The first-order valence-corrected chi connectivity index (χ1v) is 9.59. The molecule has 0 heterocycles. The molecule has 26 heavy (non-hydrogen) atoms. The summed E-state index contributed by atoms with van der Waals surface area (Å²) in [6, 6.07) is 3.15. The molecule has 0 spiro atoms. The van der Waals surface area contributed by atoms with Crippen molar-refractivity contribution in [1.29, 1.82) is 0 Å². The van der Waals surface area contributed by atoms with E-state index in [-0.39, 0.29) is 24.5 Å². The highest BCUT2D eigenvalue weighted by Crippen LogP contribution is 2.32. The van der Waals surface area contributed by atoms with Crippen LogP contribution in [0.2, 0.25) is 0 Å². The summed E-state index contributed by atoms with van der Waals surface area (Å²) in [7, 11) is 1.48. The zero-order valence-electron chi connectivity index (χ0n) is 14.2. The highest BCUT2D eigenvalue weighted by Gasteiger charge is 2.46. The first kappa shape index (κ1) is 23.3. The molecule has 0 aliphatic heterocycles. The van der Waals surface area contributed by atoms with Gasteiger partial charge < -0.3 is 24.1 Å². The zero-order valence-corrected chi connectivity index (χ0v) is 18.5. The molecule has 0 N–H and O–H groups in total. The number of aliphatic carboxylic acids is 1. The van der Waals surface area contributed by atoms with E-state index in [1.54, 1.807) is 6.07 Å². The number of carboxylic acid groups (broad SMARTS) is 1. The summed E-state index contributed by atoms with van der Waals surface area (Å²) in [4.78, 5) is 23.2. The Balaban J connectivity index is 3.20. The van der Waals surface area contributed by atoms with Crippen molar-refractivity contribution < 1.29 is 37.7 Å². The van der Waals surface area contributed by atoms with Gasteiger partial charge in [0.2, 0.25) is 0 Å². The van der Waals surface area contributed by atoms with Gasteiger partial charge in [-0.3, -0.25) is 0 Å². The highest BCUT2D eigenvalue weighted by atomic mass is 127. The molecule has 0 radical (unpaired) electrons. The van der Waals surface area contributed by atoms with Crippen LogP contribution >= 0.6 is 45.2 Å². The van der Waals surface area contributed by atoms with E-state index < -0.39 is 29.9 Å². The van der Waals surface area contributed by atoms with E-state index in [2.05, 4.69) is 0 Å². The van der Waals surface area contributed by atoms with Crippen molar-refractivity contribution in [1.82, 2.24) is 0 Å². The lowest BCUT2D eigenvalue weighted by atomic mass is 10.0. The quantitative estimate of drug-likeness (QED) is 0.247. The molecule has 0 amide bonds. The summed E-state index contributed by atoms with van der Waals surface area (Å²) in [5, 5.41) is 10.7. The van der Waals surface area contributed by atoms with Crippen LogP contribution in [0.4, 0.5) is 8.78 Å². The predicted octanol–water partition coefficient (Wildman–Crippen LogP) is 2.49. The fourth-order valence-electron chi connectivity index (χ4n) is 2.01. The summed E-state index contributed by atoms with van der Waals surface area (Å²) in [6.45, 7) is 3.04. The van der Waals surface area contributed by atoms with Crippen LogP contribution < -0.4 is 9.84 Å². The van der Waals surface area contributed by atoms with E-state index in [1.807, 2.05) is 45.2 Å². The molecule has 0 aliphatic rings. The fraction of sp³-hybridized carbons (Fsp3) is 0.500. The largest absolute Gasteiger partial charge is 0.544 e. The van der Waals surface area contributed by atoms with Crippen LogP contribution in [-0.4, -0.2) is 44.3 Å². The molecule has 0 saturated carbocycles. The number of hydrogen-bond donors (Lipinski definition) is 0. The Kier molecular flexibility index (Phi) is 8.93. The van der Waals surface area contributed by atoms with Crippen LogP contribution in [0, 0.1) is 13.1 Å². The average molecular weight is 597 g/mol. The number of hydrogen-bond acceptors (Lipinski definition) is 6. The first-order chi connectivity index (χ1) is 12.0. The van der Waals surface area contributed by atoms with Gasteiger partial charge >= 0.3 is 11.9 Å². The Morgan fingerprint density at radius 2 is 1.85 bits per heavy atom. The Morgan fingerprint density at radius 3 is 2.35 bits per heavy atom. The maximum Gasteiger partial charge on any atom is 0.342 e. The lowest BCUT2D eigenvalue weighted by molar-refractivity contribution is -0.337. The number of methoxy groups -OCH3 is 1. The van der Waals surface area contributed by atoms with Crippen molar-refractivity contribution in [2.24, 2.45) is 5.92 Å². The van der Waals surface area contributed by atoms with Crippen LogP contribution in [0.3, 0.4) is 0 Å². The average Bonchev–Trinajstić information content (AvgIpc) is 2.53. The summed E-state index contributed by atoms with van der Waals surface area (Å²) in [5.74, 6) is -8.82. The van der Waals surface area contributed by atoms with Crippen molar-refractivity contribution in [3.63, 3.8) is 0 Å². The van der Waals surface area contributed by atoms with Crippen LogP contribution in [0.15, 0.2) is 12.1 Å². The second-order valence-corrected chi connectivity index (χ2v) is 7.99. The molecule has 0 aliphatic carbocycles. The van der Waals surface area contributed by atoms with Gasteiger partial charge in [0.15, 0.2) is 6.10 Å². The van der Waals surface area contributed by atoms with E-state index in [9.17, 15) is 23.5 Å². The number of carboxylic acids is 1. The number of ether oxygens (including phenoxy) is 3. The van der Waals surface area contributed by atoms with E-state index >= 15 is 0 Å². The second kappa shape index (κ2) is 9.97. The predicted molar refractivity (Wildman–Crippen MR) is 103 cm³/mol. The highest BCUT2D eigenvalue weighted by molar-refractivity contribution is 14.1. The van der Waals surface area contributed by atoms with Gasteiger partial charge in [-0.2, -0.15) is 8.78 Å². The SMILES string of the molecule is COCCOc1c(I)cc(I)cc1C(=O)OC(C(C)C)C(F)(F)C(=O)[O-]. The van der Waals surface area contributed by atoms with Crippen molar-refractivity contribution in [3.8, 4) is 5.75 Å². The van der Waals surface area contributed by atoms with Gasteiger partial charge in [0.05, 0.1) is 10.2 Å². The molecule has 6 nitrogen and oxygen atoms in total. The number of esters is 1. The van der Waals surface area contributed by atoms with Gasteiger partial charge in [-0.05, 0) is 63.2 Å². The van der Waals surface area contributed by atoms with Crippen molar-refractivity contribution >= 4 is 57.1 Å². The van der Waals surface area contributed by atoms with E-state index in [0.717, 1.165) is 0 Å². The third-order valence-electron chi connectivity index (χ3n) is 3.23. The number of benzene rings is 1. The zero-order chi connectivity index (χ0) is 20.1. The summed E-state index contributed by atoms with van der Waals surface area (Å²) in [6.07, 6.45) is -2.18. The number of rotatable bonds is 9. The van der Waals surface area contributed by atoms with Crippen LogP contribution in [-0.2, 0) is 14.3 Å². The molecule has 10 heteroatoms. The maximum atomic E-state index is 13.9. The molecule has 146 valence electrons. The molecule has 0 fully saturated rings. The number of halogens is 4. The summed E-state index contributed by atoms with van der Waals surface area (Å²) < 4.78 is 44.2. The third-order valence-corrected chi connectivity index (χ3v) is 4.66. The number of alkyl halides is 2. The minimum atomic E-state index is -4.32. The Bertz CT molecular complexity index is 666. The smallest absolute Gasteiger partial charge is 0.342 e. The molecule has 1 rings (SSSR count). The summed E-state index contributed by atoms with van der Waals surface area (Å²) >= 11 is 3.89. The van der Waals surface area contributed by atoms with E-state index in [4.69, 9.17) is 14.2 Å². The van der Waals surface area contributed by atoms with E-state index in [1.165, 1.54) is 27.0 Å². The van der Waals surface area contributed by atoms with Gasteiger partial charge in [0.1, 0.15) is 23.9 Å². The van der Waals surface area contributed by atoms with Gasteiger partial charge in [0.25, 0.3) is 0 Å². The van der Waals surface area contributed by atoms with Crippen molar-refractivity contribution in [3.05, 3.63) is 24.8 Å². The standard InChI is InChI=1S/C16H18F2I2O6/c1-8(2)13(16(17,18)15(22)23)26-14(21)10-6-9(19)7-11(20)12(10)25-5-4-24-3/h6-8,13H,4-5H2,1-3H3,(H,22,23)/p-1. The third kappa shape index (κ3) is 5.87. The van der Waals surface area contributed by atoms with Gasteiger partial charge in [-0.25, -0.2) is 4.79 Å². The number of carbonyl (C=O) groups is 2. The topological polar surface area (TPSA) is 84.9 Å². The first-order valence-electron chi connectivity index (χ1n) is 7.43. The molecule has 0 saturated heterocycles. The molecular formula is C16H17F2I2O6-. The second-order valence-electron chi connectivity index (χ2n) is 5.59. The minimum absolute atomic E-state index is 0.0720. The monoisotopic (exact) mass is 597 g/mol. The maximum absolute atomic E-state index is 13.9. The lowest BCUT2D eigenvalue weighted by Gasteiger charge is -2.30. The van der Waals surface area contributed by atoms with Gasteiger partial charge in [0, 0.05) is 10.7 Å². The molecule has 1 aromatic carbocycles. The normalized spacial score (nSPS) is 12.8.